The van der Waals surface area contributed by atoms with Crippen LogP contribution in [0.1, 0.15) is 20.3 Å². The second-order valence-corrected chi connectivity index (χ2v) is 5.61. The topological polar surface area (TPSA) is 24.5 Å². The number of ether oxygens (including phenoxy) is 1. The van der Waals surface area contributed by atoms with Gasteiger partial charge in [0.25, 0.3) is 0 Å². The summed E-state index contributed by atoms with van der Waals surface area (Å²) < 4.78 is 5.62. The van der Waals surface area contributed by atoms with Gasteiger partial charge in [-0.05, 0) is 52.1 Å². The van der Waals surface area contributed by atoms with Crippen molar-refractivity contribution in [3.8, 4) is 5.75 Å². The average Bonchev–Trinajstić information content (AvgIpc) is 2.68. The van der Waals surface area contributed by atoms with Crippen LogP contribution in [-0.2, 0) is 0 Å². The Labute approximate surface area is 114 Å². The van der Waals surface area contributed by atoms with E-state index in [-0.39, 0.29) is 6.10 Å². The van der Waals surface area contributed by atoms with Crippen LogP contribution in [0.2, 0.25) is 5.02 Å². The van der Waals surface area contributed by atoms with Crippen LogP contribution in [0.5, 0.6) is 5.75 Å². The molecule has 1 N–H and O–H groups in total. The van der Waals surface area contributed by atoms with Gasteiger partial charge in [-0.3, -0.25) is 0 Å². The fraction of sp³-hybridized carbons (Fsp3) is 0.571. The molecule has 0 saturated carbocycles. The van der Waals surface area contributed by atoms with Crippen molar-refractivity contribution in [2.45, 2.75) is 32.4 Å². The van der Waals surface area contributed by atoms with E-state index in [1.54, 1.807) is 0 Å². The molecule has 0 bridgehead atoms. The maximum Gasteiger partial charge on any atom is 0.138 e. The number of likely N-dealkylation sites (tertiary alicyclic amines) is 1. The Bertz CT molecular complexity index is 409. The van der Waals surface area contributed by atoms with Crippen molar-refractivity contribution in [3.05, 3.63) is 23.2 Å². The van der Waals surface area contributed by atoms with Crippen molar-refractivity contribution >= 4 is 17.3 Å². The maximum absolute atomic E-state index is 6.21. The highest BCUT2D eigenvalue weighted by Crippen LogP contribution is 2.29. The number of nitrogens with one attached hydrogen (secondary N) is 1. The van der Waals surface area contributed by atoms with Crippen LogP contribution >= 0.6 is 11.6 Å². The van der Waals surface area contributed by atoms with E-state index in [1.165, 1.54) is 6.42 Å². The van der Waals surface area contributed by atoms with E-state index in [1.807, 2.05) is 32.0 Å². The van der Waals surface area contributed by atoms with Crippen molar-refractivity contribution in [2.24, 2.45) is 0 Å². The lowest BCUT2D eigenvalue weighted by atomic mass is 10.2. The highest BCUT2D eigenvalue weighted by molar-refractivity contribution is 6.32. The molecule has 4 heteroatoms. The number of hydrogen-bond acceptors (Lipinski definition) is 3. The molecular formula is C14H21ClN2O. The van der Waals surface area contributed by atoms with Crippen LogP contribution in [0.4, 0.5) is 5.69 Å². The molecule has 3 nitrogen and oxygen atoms in total. The van der Waals surface area contributed by atoms with Gasteiger partial charge < -0.3 is 15.0 Å². The van der Waals surface area contributed by atoms with E-state index in [4.69, 9.17) is 16.3 Å². The van der Waals surface area contributed by atoms with Crippen molar-refractivity contribution in [1.82, 2.24) is 4.90 Å². The molecule has 1 unspecified atom stereocenters. The Morgan fingerprint density at radius 2 is 2.22 bits per heavy atom. The van der Waals surface area contributed by atoms with E-state index >= 15 is 0 Å². The highest BCUT2D eigenvalue weighted by Gasteiger charge is 2.19. The monoisotopic (exact) mass is 268 g/mol. The predicted molar refractivity (Wildman–Crippen MR) is 76.7 cm³/mol. The Hall–Kier alpha value is -0.930. The van der Waals surface area contributed by atoms with Gasteiger partial charge in [0.1, 0.15) is 5.75 Å². The van der Waals surface area contributed by atoms with Crippen molar-refractivity contribution in [2.75, 3.05) is 25.5 Å². The zero-order valence-corrected chi connectivity index (χ0v) is 12.0. The Balaban J connectivity index is 2.00. The number of rotatable bonds is 4. The molecule has 1 aromatic carbocycles. The third-order valence-corrected chi connectivity index (χ3v) is 3.35. The van der Waals surface area contributed by atoms with E-state index in [2.05, 4.69) is 17.3 Å². The smallest absolute Gasteiger partial charge is 0.138 e. The van der Waals surface area contributed by atoms with Crippen LogP contribution < -0.4 is 10.1 Å². The summed E-state index contributed by atoms with van der Waals surface area (Å²) in [7, 11) is 2.15. The standard InChI is InChI=1S/C14H21ClN2O/c1-10(2)18-14-5-4-11(8-13(14)15)16-12-6-7-17(3)9-12/h4-5,8,10,12,16H,6-7,9H2,1-3H3. The summed E-state index contributed by atoms with van der Waals surface area (Å²) >= 11 is 6.21. The van der Waals surface area contributed by atoms with Gasteiger partial charge in [0.05, 0.1) is 11.1 Å². The summed E-state index contributed by atoms with van der Waals surface area (Å²) in [6.07, 6.45) is 1.32. The van der Waals surface area contributed by atoms with Gasteiger partial charge in [-0.2, -0.15) is 0 Å². The zero-order valence-electron chi connectivity index (χ0n) is 11.2. The fourth-order valence-corrected chi connectivity index (χ4v) is 2.45. The van der Waals surface area contributed by atoms with Gasteiger partial charge in [0, 0.05) is 18.3 Å². The molecule has 0 aromatic heterocycles. The predicted octanol–water partition coefficient (Wildman–Crippen LogP) is 3.24. The third-order valence-electron chi connectivity index (χ3n) is 3.06. The van der Waals surface area contributed by atoms with Gasteiger partial charge in [0.2, 0.25) is 0 Å². The second kappa shape index (κ2) is 5.81. The highest BCUT2D eigenvalue weighted by atomic mass is 35.5. The molecule has 1 fully saturated rings. The molecule has 1 aliphatic rings. The van der Waals surface area contributed by atoms with Crippen LogP contribution in [0, 0.1) is 0 Å². The molecule has 1 aliphatic heterocycles. The lowest BCUT2D eigenvalue weighted by molar-refractivity contribution is 0.242. The number of halogens is 1. The van der Waals surface area contributed by atoms with Gasteiger partial charge >= 0.3 is 0 Å². The van der Waals surface area contributed by atoms with Gasteiger partial charge in [0.15, 0.2) is 0 Å². The maximum atomic E-state index is 6.21. The van der Waals surface area contributed by atoms with Crippen molar-refractivity contribution in [3.63, 3.8) is 0 Å². The van der Waals surface area contributed by atoms with E-state index in [9.17, 15) is 0 Å². The molecule has 0 radical (unpaired) electrons. The fourth-order valence-electron chi connectivity index (χ4n) is 2.23. The van der Waals surface area contributed by atoms with Crippen LogP contribution in [0.15, 0.2) is 18.2 Å². The number of likely N-dealkylation sites (N-methyl/N-ethyl adjacent to an activating group) is 1. The Morgan fingerprint density at radius 1 is 1.44 bits per heavy atom. The van der Waals surface area contributed by atoms with E-state index < -0.39 is 0 Å². The Kier molecular flexibility index (Phi) is 4.36. The molecule has 0 amide bonds. The first-order chi connectivity index (χ1) is 8.54. The minimum absolute atomic E-state index is 0.143. The first-order valence-electron chi connectivity index (χ1n) is 6.46. The van der Waals surface area contributed by atoms with Crippen molar-refractivity contribution in [1.29, 1.82) is 0 Å². The minimum Gasteiger partial charge on any atom is -0.489 e. The van der Waals surface area contributed by atoms with E-state index in [0.717, 1.165) is 24.5 Å². The summed E-state index contributed by atoms with van der Waals surface area (Å²) in [5, 5.41) is 4.18. The molecule has 1 aromatic rings. The molecule has 2 rings (SSSR count). The molecule has 0 spiro atoms. The third kappa shape index (κ3) is 3.53. The summed E-state index contributed by atoms with van der Waals surface area (Å²) in [6, 6.07) is 6.42. The summed E-state index contributed by atoms with van der Waals surface area (Å²) in [5.41, 5.74) is 1.07. The molecule has 100 valence electrons. The Morgan fingerprint density at radius 3 is 2.78 bits per heavy atom. The quantitative estimate of drug-likeness (QED) is 0.907. The number of nitrogens with zero attached hydrogens (tertiary/aromatic N) is 1. The molecule has 1 atom stereocenters. The molecular weight excluding hydrogens is 248 g/mol. The number of hydrogen-bond donors (Lipinski definition) is 1. The summed E-state index contributed by atoms with van der Waals surface area (Å²) in [4.78, 5) is 2.33. The first-order valence-corrected chi connectivity index (χ1v) is 6.83. The SMILES string of the molecule is CC(C)Oc1ccc(NC2CCN(C)C2)cc1Cl. The summed E-state index contributed by atoms with van der Waals surface area (Å²) in [5.74, 6) is 0.751. The zero-order chi connectivity index (χ0) is 13.1. The van der Waals surface area contributed by atoms with Gasteiger partial charge in [-0.25, -0.2) is 0 Å². The molecule has 1 heterocycles. The molecule has 1 saturated heterocycles. The van der Waals surface area contributed by atoms with Crippen molar-refractivity contribution < 1.29 is 4.74 Å². The lowest BCUT2D eigenvalue weighted by Gasteiger charge is -2.16. The summed E-state index contributed by atoms with van der Waals surface area (Å²) in [6.45, 7) is 6.23. The average molecular weight is 269 g/mol. The molecule has 18 heavy (non-hydrogen) atoms. The largest absolute Gasteiger partial charge is 0.489 e. The number of benzene rings is 1. The normalized spacial score (nSPS) is 20.4. The first kappa shape index (κ1) is 13.5. The van der Waals surface area contributed by atoms with Gasteiger partial charge in [-0.15, -0.1) is 0 Å². The van der Waals surface area contributed by atoms with Crippen LogP contribution in [0.3, 0.4) is 0 Å². The molecule has 0 aliphatic carbocycles. The number of anilines is 1. The van der Waals surface area contributed by atoms with E-state index in [0.29, 0.717) is 11.1 Å². The minimum atomic E-state index is 0.143. The van der Waals surface area contributed by atoms with Crippen LogP contribution in [0.25, 0.3) is 0 Å². The lowest BCUT2D eigenvalue weighted by Crippen LogP contribution is -2.23. The second-order valence-electron chi connectivity index (χ2n) is 5.20. The van der Waals surface area contributed by atoms with Crippen LogP contribution in [-0.4, -0.2) is 37.2 Å². The van der Waals surface area contributed by atoms with Gasteiger partial charge in [-0.1, -0.05) is 11.6 Å².